The zero-order chi connectivity index (χ0) is 12.8. The van der Waals surface area contributed by atoms with Crippen LogP contribution in [0.3, 0.4) is 0 Å². The summed E-state index contributed by atoms with van der Waals surface area (Å²) in [6.45, 7) is 4.40. The number of aryl methyl sites for hydroxylation is 2. The van der Waals surface area contributed by atoms with Gasteiger partial charge in [0.05, 0.1) is 0 Å². The molecule has 2 aromatic rings. The fraction of sp³-hybridized carbons (Fsp3) is 0.294. The molecule has 0 fully saturated rings. The highest BCUT2D eigenvalue weighted by Gasteiger charge is 2.00. The van der Waals surface area contributed by atoms with Crippen molar-refractivity contribution in [3.8, 4) is 0 Å². The maximum absolute atomic E-state index is 3.46. The van der Waals surface area contributed by atoms with E-state index in [1.54, 1.807) is 0 Å². The fourth-order valence-corrected chi connectivity index (χ4v) is 2.08. The van der Waals surface area contributed by atoms with Gasteiger partial charge in [0.1, 0.15) is 0 Å². The van der Waals surface area contributed by atoms with Crippen LogP contribution in [-0.2, 0) is 6.42 Å². The molecule has 1 heteroatoms. The van der Waals surface area contributed by atoms with E-state index in [0.717, 1.165) is 5.69 Å². The van der Waals surface area contributed by atoms with Crippen LogP contribution in [0.15, 0.2) is 48.5 Å². The highest BCUT2D eigenvalue weighted by molar-refractivity contribution is 5.63. The van der Waals surface area contributed by atoms with E-state index in [0.29, 0.717) is 0 Å². The van der Waals surface area contributed by atoms with Gasteiger partial charge in [0.2, 0.25) is 0 Å². The molecule has 2 rings (SSSR count). The van der Waals surface area contributed by atoms with Gasteiger partial charge >= 0.3 is 0 Å². The maximum Gasteiger partial charge on any atom is 0.0414 e. The molecule has 0 atom stereocenters. The van der Waals surface area contributed by atoms with Gasteiger partial charge in [0.15, 0.2) is 0 Å². The van der Waals surface area contributed by atoms with Crippen molar-refractivity contribution < 1.29 is 0 Å². The summed E-state index contributed by atoms with van der Waals surface area (Å²) in [5.74, 6) is 0. The average Bonchev–Trinajstić information content (AvgIpc) is 2.40. The Kier molecular flexibility index (Phi) is 4.40. The predicted octanol–water partition coefficient (Wildman–Crippen LogP) is 5.08. The first-order valence-corrected chi connectivity index (χ1v) is 6.71. The Hall–Kier alpha value is -1.76. The summed E-state index contributed by atoms with van der Waals surface area (Å²) < 4.78 is 0. The van der Waals surface area contributed by atoms with Crippen LogP contribution >= 0.6 is 0 Å². The maximum atomic E-state index is 3.46. The van der Waals surface area contributed by atoms with Crippen LogP contribution in [0, 0.1) is 6.92 Å². The second kappa shape index (κ2) is 6.25. The van der Waals surface area contributed by atoms with E-state index in [2.05, 4.69) is 49.5 Å². The Bertz CT molecular complexity index is 488. The standard InChI is InChI=1S/C17H21N/c1-3-4-8-15-11-12-17(14(2)13-15)18-16-9-6-5-7-10-16/h5-7,9-13,18H,3-4,8H2,1-2H3. The number of hydrogen-bond acceptors (Lipinski definition) is 1. The van der Waals surface area contributed by atoms with Crippen molar-refractivity contribution in [1.82, 2.24) is 0 Å². The smallest absolute Gasteiger partial charge is 0.0414 e. The van der Waals surface area contributed by atoms with Crippen LogP contribution in [0.4, 0.5) is 11.4 Å². The molecule has 0 heterocycles. The summed E-state index contributed by atoms with van der Waals surface area (Å²) in [6, 6.07) is 17.0. The monoisotopic (exact) mass is 239 g/mol. The summed E-state index contributed by atoms with van der Waals surface area (Å²) in [4.78, 5) is 0. The van der Waals surface area contributed by atoms with Gasteiger partial charge in [-0.15, -0.1) is 0 Å². The Morgan fingerprint density at radius 2 is 1.78 bits per heavy atom. The molecule has 94 valence electrons. The second-order valence-electron chi connectivity index (χ2n) is 4.74. The molecule has 0 aromatic heterocycles. The molecule has 2 aromatic carbocycles. The van der Waals surface area contributed by atoms with Crippen molar-refractivity contribution in [3.05, 3.63) is 59.7 Å². The number of anilines is 2. The van der Waals surface area contributed by atoms with Gasteiger partial charge in [-0.3, -0.25) is 0 Å². The molecule has 1 N–H and O–H groups in total. The number of benzene rings is 2. The van der Waals surface area contributed by atoms with Crippen LogP contribution in [0.2, 0.25) is 0 Å². The molecule has 0 bridgehead atoms. The van der Waals surface area contributed by atoms with Crippen molar-refractivity contribution in [2.75, 3.05) is 5.32 Å². The molecule has 0 saturated carbocycles. The topological polar surface area (TPSA) is 12.0 Å². The summed E-state index contributed by atoms with van der Waals surface area (Å²) in [6.07, 6.45) is 3.71. The largest absolute Gasteiger partial charge is 0.355 e. The zero-order valence-electron chi connectivity index (χ0n) is 11.2. The molecule has 0 saturated heterocycles. The normalized spacial score (nSPS) is 10.3. The first-order chi connectivity index (χ1) is 8.79. The molecule has 18 heavy (non-hydrogen) atoms. The van der Waals surface area contributed by atoms with Crippen molar-refractivity contribution in [2.45, 2.75) is 33.1 Å². The van der Waals surface area contributed by atoms with E-state index in [4.69, 9.17) is 0 Å². The SMILES string of the molecule is CCCCc1ccc(Nc2ccccc2)c(C)c1. The van der Waals surface area contributed by atoms with E-state index in [9.17, 15) is 0 Å². The van der Waals surface area contributed by atoms with E-state index in [1.165, 1.54) is 36.1 Å². The van der Waals surface area contributed by atoms with E-state index < -0.39 is 0 Å². The molecule has 0 unspecified atom stereocenters. The number of nitrogens with one attached hydrogen (secondary N) is 1. The van der Waals surface area contributed by atoms with Gasteiger partial charge in [-0.05, 0) is 49.1 Å². The Morgan fingerprint density at radius 1 is 1.00 bits per heavy atom. The Balaban J connectivity index is 2.10. The predicted molar refractivity (Wildman–Crippen MR) is 79.5 cm³/mol. The fourth-order valence-electron chi connectivity index (χ4n) is 2.08. The molecule has 0 aliphatic heterocycles. The van der Waals surface area contributed by atoms with Crippen LogP contribution < -0.4 is 5.32 Å². The van der Waals surface area contributed by atoms with Gasteiger partial charge in [-0.2, -0.15) is 0 Å². The first kappa shape index (κ1) is 12.7. The third-order valence-electron chi connectivity index (χ3n) is 3.16. The van der Waals surface area contributed by atoms with Crippen molar-refractivity contribution in [1.29, 1.82) is 0 Å². The third kappa shape index (κ3) is 3.36. The Morgan fingerprint density at radius 3 is 2.44 bits per heavy atom. The van der Waals surface area contributed by atoms with E-state index in [1.807, 2.05) is 18.2 Å². The van der Waals surface area contributed by atoms with Crippen molar-refractivity contribution in [3.63, 3.8) is 0 Å². The molecular weight excluding hydrogens is 218 g/mol. The minimum atomic E-state index is 1.14. The van der Waals surface area contributed by atoms with Crippen LogP contribution in [0.5, 0.6) is 0 Å². The summed E-state index contributed by atoms with van der Waals surface area (Å²) in [5, 5.41) is 3.46. The number of rotatable bonds is 5. The molecule has 0 spiro atoms. The molecular formula is C17H21N. The second-order valence-corrected chi connectivity index (χ2v) is 4.74. The molecule has 0 aliphatic carbocycles. The molecule has 0 aliphatic rings. The van der Waals surface area contributed by atoms with Crippen LogP contribution in [0.25, 0.3) is 0 Å². The van der Waals surface area contributed by atoms with Crippen molar-refractivity contribution >= 4 is 11.4 Å². The van der Waals surface area contributed by atoms with Gasteiger partial charge in [-0.1, -0.05) is 43.7 Å². The van der Waals surface area contributed by atoms with E-state index in [-0.39, 0.29) is 0 Å². The summed E-state index contributed by atoms with van der Waals surface area (Å²) in [7, 11) is 0. The van der Waals surface area contributed by atoms with E-state index >= 15 is 0 Å². The lowest BCUT2D eigenvalue weighted by molar-refractivity contribution is 0.794. The minimum absolute atomic E-state index is 1.14. The van der Waals surface area contributed by atoms with Crippen LogP contribution in [0.1, 0.15) is 30.9 Å². The summed E-state index contributed by atoms with van der Waals surface area (Å²) >= 11 is 0. The van der Waals surface area contributed by atoms with Gasteiger partial charge in [-0.25, -0.2) is 0 Å². The van der Waals surface area contributed by atoms with Crippen LogP contribution in [-0.4, -0.2) is 0 Å². The number of hydrogen-bond donors (Lipinski definition) is 1. The lowest BCUT2D eigenvalue weighted by Crippen LogP contribution is -1.94. The van der Waals surface area contributed by atoms with Crippen molar-refractivity contribution in [2.24, 2.45) is 0 Å². The Labute approximate surface area is 110 Å². The third-order valence-corrected chi connectivity index (χ3v) is 3.16. The van der Waals surface area contributed by atoms with Gasteiger partial charge in [0, 0.05) is 11.4 Å². The number of para-hydroxylation sites is 1. The minimum Gasteiger partial charge on any atom is -0.355 e. The van der Waals surface area contributed by atoms with Gasteiger partial charge < -0.3 is 5.32 Å². The molecule has 0 radical (unpaired) electrons. The number of unbranched alkanes of at least 4 members (excludes halogenated alkanes) is 1. The average molecular weight is 239 g/mol. The molecule has 0 amide bonds. The zero-order valence-corrected chi connectivity index (χ0v) is 11.2. The lowest BCUT2D eigenvalue weighted by atomic mass is 10.0. The highest BCUT2D eigenvalue weighted by Crippen LogP contribution is 2.22. The quantitative estimate of drug-likeness (QED) is 0.767. The van der Waals surface area contributed by atoms with Gasteiger partial charge in [0.25, 0.3) is 0 Å². The first-order valence-electron chi connectivity index (χ1n) is 6.71. The summed E-state index contributed by atoms with van der Waals surface area (Å²) in [5.41, 5.74) is 5.09. The lowest BCUT2D eigenvalue weighted by Gasteiger charge is -2.11. The molecule has 1 nitrogen and oxygen atoms in total. The highest BCUT2D eigenvalue weighted by atomic mass is 14.9.